The fraction of sp³-hybridized carbons (Fsp3) is 0.765. The number of carboxylic acid groups (broad SMARTS) is 1. The summed E-state index contributed by atoms with van der Waals surface area (Å²) in [6.45, 7) is 2.24. The quantitative estimate of drug-likeness (QED) is 0.920. The summed E-state index contributed by atoms with van der Waals surface area (Å²) in [6.07, 6.45) is 10.9. The fourth-order valence-electron chi connectivity index (χ4n) is 4.18. The molecule has 4 nitrogen and oxygen atoms in total. The van der Waals surface area contributed by atoms with E-state index in [1.807, 2.05) is 0 Å². The van der Waals surface area contributed by atoms with Crippen LogP contribution in [0.25, 0.3) is 0 Å². The summed E-state index contributed by atoms with van der Waals surface area (Å²) in [7, 11) is 0. The van der Waals surface area contributed by atoms with Crippen molar-refractivity contribution < 1.29 is 9.90 Å². The Morgan fingerprint density at radius 1 is 1.33 bits per heavy atom. The van der Waals surface area contributed by atoms with Gasteiger partial charge in [-0.05, 0) is 56.4 Å². The minimum Gasteiger partial charge on any atom is -0.481 e. The fourth-order valence-corrected chi connectivity index (χ4v) is 4.18. The molecule has 0 aromatic carbocycles. The van der Waals surface area contributed by atoms with Gasteiger partial charge in [-0.2, -0.15) is 5.10 Å². The normalized spacial score (nSPS) is 30.6. The van der Waals surface area contributed by atoms with Crippen LogP contribution in [0.15, 0.2) is 12.3 Å². The van der Waals surface area contributed by atoms with Crippen LogP contribution >= 0.6 is 0 Å². The van der Waals surface area contributed by atoms with Gasteiger partial charge < -0.3 is 5.11 Å². The number of carboxylic acids is 1. The molecule has 1 N–H and O–H groups in total. The molecular formula is C17H26N2O2. The van der Waals surface area contributed by atoms with E-state index >= 15 is 0 Å². The van der Waals surface area contributed by atoms with E-state index in [-0.39, 0.29) is 11.8 Å². The highest BCUT2D eigenvalue weighted by molar-refractivity contribution is 5.70. The molecule has 0 radical (unpaired) electrons. The number of carbonyl (C=O) groups is 1. The Bertz CT molecular complexity index is 491. The summed E-state index contributed by atoms with van der Waals surface area (Å²) in [5.41, 5.74) is 1.08. The van der Waals surface area contributed by atoms with E-state index in [2.05, 4.69) is 23.9 Å². The molecule has 3 rings (SSSR count). The molecule has 2 saturated carbocycles. The van der Waals surface area contributed by atoms with Gasteiger partial charge in [-0.3, -0.25) is 9.48 Å². The second-order valence-corrected chi connectivity index (χ2v) is 7.05. The van der Waals surface area contributed by atoms with E-state index in [9.17, 15) is 9.90 Å². The van der Waals surface area contributed by atoms with Gasteiger partial charge >= 0.3 is 5.97 Å². The molecule has 1 heterocycles. The van der Waals surface area contributed by atoms with E-state index in [0.29, 0.717) is 12.0 Å². The van der Waals surface area contributed by atoms with Crippen molar-refractivity contribution in [2.75, 3.05) is 0 Å². The number of hydrogen-bond acceptors (Lipinski definition) is 2. The summed E-state index contributed by atoms with van der Waals surface area (Å²) < 4.78 is 2.12. The van der Waals surface area contributed by atoms with E-state index in [4.69, 9.17) is 5.10 Å². The van der Waals surface area contributed by atoms with Crippen LogP contribution in [0.2, 0.25) is 0 Å². The lowest BCUT2D eigenvalue weighted by Gasteiger charge is -2.32. The van der Waals surface area contributed by atoms with Crippen molar-refractivity contribution in [2.24, 2.45) is 17.8 Å². The first-order valence-electron chi connectivity index (χ1n) is 8.40. The Morgan fingerprint density at radius 2 is 2.10 bits per heavy atom. The topological polar surface area (TPSA) is 55.1 Å². The average molecular weight is 290 g/mol. The Labute approximate surface area is 126 Å². The van der Waals surface area contributed by atoms with Crippen molar-refractivity contribution in [1.82, 2.24) is 9.78 Å². The van der Waals surface area contributed by atoms with Crippen LogP contribution in [0.4, 0.5) is 0 Å². The zero-order valence-electron chi connectivity index (χ0n) is 12.9. The predicted octanol–water partition coefficient (Wildman–Crippen LogP) is 3.68. The molecule has 3 unspecified atom stereocenters. The highest BCUT2D eigenvalue weighted by Crippen LogP contribution is 2.36. The second-order valence-electron chi connectivity index (χ2n) is 7.05. The number of rotatable bonds is 4. The maximum Gasteiger partial charge on any atom is 0.306 e. The van der Waals surface area contributed by atoms with Gasteiger partial charge in [0, 0.05) is 6.20 Å². The van der Waals surface area contributed by atoms with Crippen LogP contribution < -0.4 is 0 Å². The van der Waals surface area contributed by atoms with Gasteiger partial charge in [-0.15, -0.1) is 0 Å². The summed E-state index contributed by atoms with van der Waals surface area (Å²) in [5, 5.41) is 14.2. The zero-order chi connectivity index (χ0) is 14.8. The first-order chi connectivity index (χ1) is 10.1. The Morgan fingerprint density at radius 3 is 2.81 bits per heavy atom. The van der Waals surface area contributed by atoms with Crippen LogP contribution in [0.3, 0.4) is 0 Å². The van der Waals surface area contributed by atoms with Gasteiger partial charge in [0.05, 0.1) is 17.7 Å². The lowest BCUT2D eigenvalue weighted by molar-refractivity contribution is -0.145. The zero-order valence-corrected chi connectivity index (χ0v) is 12.9. The van der Waals surface area contributed by atoms with E-state index in [1.54, 1.807) is 0 Å². The van der Waals surface area contributed by atoms with Crippen LogP contribution in [0.5, 0.6) is 0 Å². The van der Waals surface area contributed by atoms with Gasteiger partial charge in [0.25, 0.3) is 0 Å². The third kappa shape index (κ3) is 3.30. The Kier molecular flexibility index (Phi) is 4.32. The van der Waals surface area contributed by atoms with E-state index < -0.39 is 5.97 Å². The molecule has 4 heteroatoms. The molecular weight excluding hydrogens is 264 g/mol. The smallest absolute Gasteiger partial charge is 0.306 e. The van der Waals surface area contributed by atoms with Crippen LogP contribution in [0, 0.1) is 17.8 Å². The third-order valence-electron chi connectivity index (χ3n) is 5.40. The lowest BCUT2D eigenvalue weighted by atomic mass is 9.73. The lowest BCUT2D eigenvalue weighted by Crippen LogP contribution is -2.31. The molecule has 1 aromatic heterocycles. The van der Waals surface area contributed by atoms with Crippen LogP contribution in [0.1, 0.15) is 63.6 Å². The number of nitrogens with zero attached hydrogens (tertiary/aromatic N) is 2. The van der Waals surface area contributed by atoms with Gasteiger partial charge in [0.15, 0.2) is 0 Å². The molecule has 21 heavy (non-hydrogen) atoms. The average Bonchev–Trinajstić information content (AvgIpc) is 3.08. The monoisotopic (exact) mass is 290 g/mol. The maximum atomic E-state index is 11.5. The molecule has 0 amide bonds. The standard InChI is InChI=1S/C17H26N2O2/c1-12-6-7-16(17(20)21)13(10-12)11-14-8-9-19(18-14)15-4-2-3-5-15/h8-9,12-13,15-16H,2-7,10-11H2,1H3,(H,20,21). The van der Waals surface area contributed by atoms with Crippen molar-refractivity contribution in [3.8, 4) is 0 Å². The summed E-state index contributed by atoms with van der Waals surface area (Å²) >= 11 is 0. The SMILES string of the molecule is CC1CCC(C(=O)O)C(Cc2ccn(C3CCCC3)n2)C1. The van der Waals surface area contributed by atoms with Crippen molar-refractivity contribution in [3.63, 3.8) is 0 Å². The Balaban J connectivity index is 1.67. The van der Waals surface area contributed by atoms with Gasteiger partial charge in [0.2, 0.25) is 0 Å². The second kappa shape index (κ2) is 6.20. The van der Waals surface area contributed by atoms with Gasteiger partial charge in [-0.25, -0.2) is 0 Å². The van der Waals surface area contributed by atoms with Crippen molar-refractivity contribution in [3.05, 3.63) is 18.0 Å². The molecule has 3 atom stereocenters. The maximum absolute atomic E-state index is 11.5. The predicted molar refractivity (Wildman–Crippen MR) is 81.1 cm³/mol. The molecule has 2 aliphatic carbocycles. The number of aliphatic carboxylic acids is 1. The molecule has 0 saturated heterocycles. The van der Waals surface area contributed by atoms with E-state index in [0.717, 1.165) is 31.4 Å². The van der Waals surface area contributed by atoms with Crippen molar-refractivity contribution in [2.45, 2.75) is 64.3 Å². The molecule has 2 fully saturated rings. The largest absolute Gasteiger partial charge is 0.481 e. The molecule has 0 aliphatic heterocycles. The first-order valence-corrected chi connectivity index (χ1v) is 8.40. The van der Waals surface area contributed by atoms with Gasteiger partial charge in [0.1, 0.15) is 0 Å². The van der Waals surface area contributed by atoms with Crippen LogP contribution in [-0.4, -0.2) is 20.9 Å². The molecule has 0 spiro atoms. The number of aromatic nitrogens is 2. The first kappa shape index (κ1) is 14.6. The van der Waals surface area contributed by atoms with Crippen molar-refractivity contribution in [1.29, 1.82) is 0 Å². The molecule has 2 aliphatic rings. The minimum atomic E-state index is -0.623. The van der Waals surface area contributed by atoms with Crippen LogP contribution in [-0.2, 0) is 11.2 Å². The number of hydrogen-bond donors (Lipinski definition) is 1. The van der Waals surface area contributed by atoms with Gasteiger partial charge in [-0.1, -0.05) is 19.8 Å². The Hall–Kier alpha value is -1.32. The highest BCUT2D eigenvalue weighted by atomic mass is 16.4. The van der Waals surface area contributed by atoms with Crippen molar-refractivity contribution >= 4 is 5.97 Å². The summed E-state index contributed by atoms with van der Waals surface area (Å²) in [5.74, 6) is 0.0839. The third-order valence-corrected chi connectivity index (χ3v) is 5.40. The molecule has 0 bridgehead atoms. The van der Waals surface area contributed by atoms with E-state index in [1.165, 1.54) is 25.7 Å². The highest BCUT2D eigenvalue weighted by Gasteiger charge is 2.34. The summed E-state index contributed by atoms with van der Waals surface area (Å²) in [4.78, 5) is 11.5. The minimum absolute atomic E-state index is 0.183. The molecule has 1 aromatic rings. The molecule has 116 valence electrons. The summed E-state index contributed by atoms with van der Waals surface area (Å²) in [6, 6.07) is 2.66.